The zero-order chi connectivity index (χ0) is 16.7. The fraction of sp³-hybridized carbons (Fsp3) is 0.438. The van der Waals surface area contributed by atoms with Crippen molar-refractivity contribution in [2.45, 2.75) is 19.1 Å². The van der Waals surface area contributed by atoms with Gasteiger partial charge in [0, 0.05) is 26.2 Å². The largest absolute Gasteiger partial charge is 0.433 e. The average Bonchev–Trinajstić information content (AvgIpc) is 2.99. The van der Waals surface area contributed by atoms with Crippen LogP contribution in [0.2, 0.25) is 0 Å². The van der Waals surface area contributed by atoms with Crippen LogP contribution in [0, 0.1) is 12.3 Å². The summed E-state index contributed by atoms with van der Waals surface area (Å²) in [5, 5.41) is 6.27. The van der Waals surface area contributed by atoms with Crippen LogP contribution < -0.4 is 20.3 Å². The molecule has 2 rings (SSSR count). The Morgan fingerprint density at radius 2 is 2.25 bits per heavy atom. The number of alkyl halides is 2. The van der Waals surface area contributed by atoms with Crippen LogP contribution in [0.25, 0.3) is 0 Å². The molecular formula is C16H21F2IN4O. The number of terminal acetylenes is 1. The molecule has 1 aliphatic heterocycles. The number of guanidine groups is 1. The molecule has 5 nitrogen and oxygen atoms in total. The smallest absolute Gasteiger partial charge is 0.387 e. The van der Waals surface area contributed by atoms with Gasteiger partial charge < -0.3 is 20.3 Å². The molecule has 1 aromatic rings. The fourth-order valence-electron chi connectivity index (χ4n) is 2.53. The second-order valence-corrected chi connectivity index (χ2v) is 5.05. The van der Waals surface area contributed by atoms with Crippen molar-refractivity contribution in [2.24, 2.45) is 4.99 Å². The van der Waals surface area contributed by atoms with Gasteiger partial charge in [-0.1, -0.05) is 18.1 Å². The molecule has 1 unspecified atom stereocenters. The fourth-order valence-corrected chi connectivity index (χ4v) is 2.53. The van der Waals surface area contributed by atoms with Gasteiger partial charge in [0.2, 0.25) is 0 Å². The molecule has 24 heavy (non-hydrogen) atoms. The van der Waals surface area contributed by atoms with E-state index in [1.54, 1.807) is 25.2 Å². The highest BCUT2D eigenvalue weighted by Crippen LogP contribution is 2.31. The van der Waals surface area contributed by atoms with Gasteiger partial charge in [-0.25, -0.2) is 0 Å². The van der Waals surface area contributed by atoms with E-state index in [-0.39, 0.29) is 35.8 Å². The Labute approximate surface area is 157 Å². The van der Waals surface area contributed by atoms with Gasteiger partial charge >= 0.3 is 6.61 Å². The first-order chi connectivity index (χ1) is 11.1. The van der Waals surface area contributed by atoms with Crippen LogP contribution >= 0.6 is 24.0 Å². The lowest BCUT2D eigenvalue weighted by molar-refractivity contribution is -0.0495. The Hall–Kier alpha value is -1.76. The Morgan fingerprint density at radius 1 is 1.50 bits per heavy atom. The molecular weight excluding hydrogens is 429 g/mol. The van der Waals surface area contributed by atoms with E-state index in [2.05, 4.69) is 26.3 Å². The molecule has 8 heteroatoms. The summed E-state index contributed by atoms with van der Waals surface area (Å²) in [5.74, 6) is 3.31. The summed E-state index contributed by atoms with van der Waals surface area (Å²) in [6, 6.07) is 6.97. The molecule has 1 aliphatic rings. The molecule has 132 valence electrons. The van der Waals surface area contributed by atoms with E-state index >= 15 is 0 Å². The van der Waals surface area contributed by atoms with Crippen LogP contribution in [0.4, 0.5) is 14.5 Å². The molecule has 0 aromatic heterocycles. The highest BCUT2D eigenvalue weighted by molar-refractivity contribution is 14.0. The number of para-hydroxylation sites is 2. The second-order valence-electron chi connectivity index (χ2n) is 5.05. The summed E-state index contributed by atoms with van der Waals surface area (Å²) in [5.41, 5.74) is 0.670. The zero-order valence-electron chi connectivity index (χ0n) is 13.3. The van der Waals surface area contributed by atoms with E-state index in [4.69, 9.17) is 6.42 Å². The number of benzene rings is 1. The van der Waals surface area contributed by atoms with Gasteiger partial charge in [-0.05, 0) is 18.6 Å². The molecule has 1 aromatic carbocycles. The topological polar surface area (TPSA) is 48.9 Å². The van der Waals surface area contributed by atoms with Crippen molar-refractivity contribution in [1.29, 1.82) is 0 Å². The highest BCUT2D eigenvalue weighted by Gasteiger charge is 2.25. The summed E-state index contributed by atoms with van der Waals surface area (Å²) in [6.45, 7) is -1.03. The summed E-state index contributed by atoms with van der Waals surface area (Å²) in [6.07, 6.45) is 6.08. The Morgan fingerprint density at radius 3 is 2.92 bits per heavy atom. The van der Waals surface area contributed by atoms with Gasteiger partial charge in [-0.3, -0.25) is 4.99 Å². The molecule has 1 fully saturated rings. The SMILES string of the molecule is C#CCNC(=NC)NC1CCN(c2ccccc2OC(F)F)C1.I. The van der Waals surface area contributed by atoms with Crippen molar-refractivity contribution in [3.8, 4) is 18.1 Å². The van der Waals surface area contributed by atoms with Gasteiger partial charge in [0.25, 0.3) is 0 Å². The lowest BCUT2D eigenvalue weighted by Crippen LogP contribution is -2.44. The molecule has 0 radical (unpaired) electrons. The minimum absolute atomic E-state index is 0. The van der Waals surface area contributed by atoms with Gasteiger partial charge in [0.1, 0.15) is 5.75 Å². The van der Waals surface area contributed by atoms with Crippen molar-refractivity contribution >= 4 is 35.6 Å². The van der Waals surface area contributed by atoms with Crippen molar-refractivity contribution in [3.63, 3.8) is 0 Å². The van der Waals surface area contributed by atoms with Crippen LogP contribution in [0.15, 0.2) is 29.3 Å². The average molecular weight is 450 g/mol. The minimum Gasteiger partial charge on any atom is -0.433 e. The standard InChI is InChI=1S/C16H20F2N4O.HI/c1-3-9-20-16(19-2)21-12-8-10-22(11-12)13-6-4-5-7-14(13)23-15(17)18;/h1,4-7,12,15H,8-11H2,2H3,(H2,19,20,21);1H. The predicted molar refractivity (Wildman–Crippen MR) is 102 cm³/mol. The van der Waals surface area contributed by atoms with Gasteiger partial charge in [0.15, 0.2) is 5.96 Å². The third kappa shape index (κ3) is 5.70. The van der Waals surface area contributed by atoms with E-state index in [0.29, 0.717) is 24.7 Å². The molecule has 2 N–H and O–H groups in total. The maximum absolute atomic E-state index is 12.5. The Bertz CT molecular complexity index is 592. The molecule has 0 aliphatic carbocycles. The minimum atomic E-state index is -2.83. The van der Waals surface area contributed by atoms with E-state index in [1.165, 1.54) is 0 Å². The maximum atomic E-state index is 12.5. The number of anilines is 1. The molecule has 0 saturated carbocycles. The number of halogens is 3. The number of nitrogens with one attached hydrogen (secondary N) is 2. The van der Waals surface area contributed by atoms with Crippen molar-refractivity contribution in [1.82, 2.24) is 10.6 Å². The van der Waals surface area contributed by atoms with E-state index in [0.717, 1.165) is 13.0 Å². The van der Waals surface area contributed by atoms with E-state index in [9.17, 15) is 8.78 Å². The summed E-state index contributed by atoms with van der Waals surface area (Å²) >= 11 is 0. The molecule has 1 saturated heterocycles. The first kappa shape index (κ1) is 20.3. The summed E-state index contributed by atoms with van der Waals surface area (Å²) in [4.78, 5) is 6.12. The quantitative estimate of drug-likeness (QED) is 0.313. The van der Waals surface area contributed by atoms with E-state index < -0.39 is 6.61 Å². The van der Waals surface area contributed by atoms with Crippen molar-refractivity contribution in [3.05, 3.63) is 24.3 Å². The maximum Gasteiger partial charge on any atom is 0.387 e. The lowest BCUT2D eigenvalue weighted by Gasteiger charge is -2.22. The third-order valence-electron chi connectivity index (χ3n) is 3.53. The summed E-state index contributed by atoms with van der Waals surface area (Å²) < 4.78 is 29.6. The third-order valence-corrected chi connectivity index (χ3v) is 3.53. The number of hydrogen-bond donors (Lipinski definition) is 2. The molecule has 0 amide bonds. The number of ether oxygens (including phenoxy) is 1. The second kappa shape index (κ2) is 10.2. The number of rotatable bonds is 5. The van der Waals surface area contributed by atoms with Gasteiger partial charge in [0.05, 0.1) is 12.2 Å². The lowest BCUT2D eigenvalue weighted by atomic mass is 10.2. The molecule has 1 heterocycles. The number of hydrogen-bond acceptors (Lipinski definition) is 3. The van der Waals surface area contributed by atoms with Crippen molar-refractivity contribution in [2.75, 3.05) is 31.6 Å². The molecule has 0 bridgehead atoms. The van der Waals surface area contributed by atoms with Crippen LogP contribution in [0.5, 0.6) is 5.75 Å². The number of aliphatic imine (C=N–C) groups is 1. The van der Waals surface area contributed by atoms with E-state index in [1.807, 2.05) is 11.0 Å². The zero-order valence-corrected chi connectivity index (χ0v) is 15.7. The first-order valence-corrected chi connectivity index (χ1v) is 7.33. The monoisotopic (exact) mass is 450 g/mol. The molecule has 1 atom stereocenters. The number of nitrogens with zero attached hydrogens (tertiary/aromatic N) is 2. The normalized spacial score (nSPS) is 17.2. The van der Waals surface area contributed by atoms with Crippen LogP contribution in [-0.2, 0) is 0 Å². The Kier molecular flexibility index (Phi) is 8.60. The van der Waals surface area contributed by atoms with Crippen LogP contribution in [-0.4, -0.2) is 45.3 Å². The van der Waals surface area contributed by atoms with Gasteiger partial charge in [-0.2, -0.15) is 8.78 Å². The first-order valence-electron chi connectivity index (χ1n) is 7.33. The Balaban J connectivity index is 0.00000288. The van der Waals surface area contributed by atoms with Crippen LogP contribution in [0.1, 0.15) is 6.42 Å². The van der Waals surface area contributed by atoms with Crippen molar-refractivity contribution < 1.29 is 13.5 Å². The molecule has 0 spiro atoms. The van der Waals surface area contributed by atoms with Crippen LogP contribution in [0.3, 0.4) is 0 Å². The highest BCUT2D eigenvalue weighted by atomic mass is 127. The summed E-state index contributed by atoms with van der Waals surface area (Å²) in [7, 11) is 1.67. The predicted octanol–water partition coefficient (Wildman–Crippen LogP) is 2.28. The van der Waals surface area contributed by atoms with Gasteiger partial charge in [-0.15, -0.1) is 30.4 Å².